The van der Waals surface area contributed by atoms with Gasteiger partial charge in [-0.3, -0.25) is 4.79 Å². The van der Waals surface area contributed by atoms with Crippen molar-refractivity contribution in [2.45, 2.75) is 57.1 Å². The molecule has 0 amide bonds. The number of aliphatic carboxylic acids is 1. The molecule has 3 aromatic rings. The number of carboxylic acids is 1. The monoisotopic (exact) mass is 576 g/mol. The lowest BCUT2D eigenvalue weighted by Gasteiger charge is -2.24. The van der Waals surface area contributed by atoms with E-state index >= 15 is 0 Å². The molecule has 0 fully saturated rings. The average molecular weight is 577 g/mol. The minimum atomic E-state index is -1.44. The number of fused-ring (bicyclic) bond motifs is 1. The molecule has 1 aromatic heterocycles. The van der Waals surface area contributed by atoms with Gasteiger partial charge in [0.15, 0.2) is 0 Å². The number of anilines is 2. The first-order valence-electron chi connectivity index (χ1n) is 12.5. The molecule has 2 aromatic carbocycles. The lowest BCUT2D eigenvalue weighted by molar-refractivity contribution is -0.137. The van der Waals surface area contributed by atoms with Gasteiger partial charge in [-0.05, 0) is 61.2 Å². The summed E-state index contributed by atoms with van der Waals surface area (Å²) in [5.74, 6) is 5.33. The lowest BCUT2D eigenvalue weighted by atomic mass is 9.89. The zero-order valence-corrected chi connectivity index (χ0v) is 24.0. The first-order valence-corrected chi connectivity index (χ1v) is 14.8. The molecule has 5 N–H and O–H groups in total. The number of carboxylic acid groups (broad SMARTS) is 1. The number of benzene rings is 2. The van der Waals surface area contributed by atoms with Gasteiger partial charge in [-0.1, -0.05) is 36.7 Å². The highest BCUT2D eigenvalue weighted by atomic mass is 35.5. The van der Waals surface area contributed by atoms with E-state index in [-0.39, 0.29) is 12.5 Å². The van der Waals surface area contributed by atoms with Gasteiger partial charge in [-0.15, -0.1) is 11.3 Å². The predicted molar refractivity (Wildman–Crippen MR) is 154 cm³/mol. The number of nitrogens with two attached hydrogens (primary N) is 2. The van der Waals surface area contributed by atoms with Crippen LogP contribution < -0.4 is 21.3 Å². The molecule has 38 heavy (non-hydrogen) atoms. The number of hydrogen-bond acceptors (Lipinski definition) is 7. The van der Waals surface area contributed by atoms with Crippen molar-refractivity contribution in [3.63, 3.8) is 0 Å². The third-order valence-electron chi connectivity index (χ3n) is 6.83. The number of ether oxygens (including phenoxy) is 1. The molecule has 0 bridgehead atoms. The van der Waals surface area contributed by atoms with E-state index in [1.807, 2.05) is 67.5 Å². The van der Waals surface area contributed by atoms with Crippen molar-refractivity contribution < 1.29 is 18.8 Å². The van der Waals surface area contributed by atoms with Gasteiger partial charge in [-0.2, -0.15) is 0 Å². The van der Waals surface area contributed by atoms with Crippen LogP contribution in [0.1, 0.15) is 54.2 Å². The van der Waals surface area contributed by atoms with Crippen molar-refractivity contribution in [2.24, 2.45) is 5.84 Å². The molecule has 8 nitrogen and oxygen atoms in total. The Hall–Kier alpha value is -2.63. The molecular weight excluding hydrogens is 544 g/mol. The number of nitrogens with zero attached hydrogens (tertiary/aromatic N) is 2. The van der Waals surface area contributed by atoms with Gasteiger partial charge in [0.25, 0.3) is 0 Å². The Labute approximate surface area is 234 Å². The second-order valence-corrected chi connectivity index (χ2v) is 12.4. The number of para-hydroxylation sites is 1. The Morgan fingerprint density at radius 3 is 2.74 bits per heavy atom. The van der Waals surface area contributed by atoms with Crippen molar-refractivity contribution >= 4 is 51.3 Å². The Balaban J connectivity index is 1.68. The highest BCUT2D eigenvalue weighted by molar-refractivity contribution is 7.82. The van der Waals surface area contributed by atoms with E-state index in [0.29, 0.717) is 46.0 Å². The summed E-state index contributed by atoms with van der Waals surface area (Å²) in [5, 5.41) is 11.3. The summed E-state index contributed by atoms with van der Waals surface area (Å²) in [6, 6.07) is 13.0. The van der Waals surface area contributed by atoms with E-state index in [4.69, 9.17) is 27.9 Å². The van der Waals surface area contributed by atoms with Gasteiger partial charge < -0.3 is 20.6 Å². The molecule has 2 unspecified atom stereocenters. The second kappa shape index (κ2) is 12.0. The maximum absolute atomic E-state index is 13.5. The molecule has 11 heteroatoms. The molecule has 204 valence electrons. The number of hydrogen-bond donors (Lipinski definition) is 3. The summed E-state index contributed by atoms with van der Waals surface area (Å²) in [7, 11) is -1.44. The maximum atomic E-state index is 13.5. The summed E-state index contributed by atoms with van der Waals surface area (Å²) >= 11 is 8.06. The van der Waals surface area contributed by atoms with Crippen LogP contribution >= 0.6 is 22.9 Å². The van der Waals surface area contributed by atoms with Crippen molar-refractivity contribution in [1.29, 1.82) is 0 Å². The zero-order valence-electron chi connectivity index (χ0n) is 21.6. The van der Waals surface area contributed by atoms with Gasteiger partial charge in [0.1, 0.15) is 22.8 Å². The van der Waals surface area contributed by atoms with Gasteiger partial charge >= 0.3 is 5.97 Å². The number of nitrogen functional groups attached to an aromatic ring is 1. The van der Waals surface area contributed by atoms with Gasteiger partial charge in [-0.25, -0.2) is 14.4 Å². The molecule has 0 aliphatic carbocycles. The maximum Gasteiger partial charge on any atom is 0.304 e. The Morgan fingerprint density at radius 1 is 1.32 bits per heavy atom. The highest BCUT2D eigenvalue weighted by Crippen LogP contribution is 2.42. The summed E-state index contributed by atoms with van der Waals surface area (Å²) in [6.07, 6.45) is 0.527. The summed E-state index contributed by atoms with van der Waals surface area (Å²) < 4.78 is 22.1. The Bertz CT molecular complexity index is 1350. The van der Waals surface area contributed by atoms with Crippen LogP contribution in [0.4, 0.5) is 11.4 Å². The first kappa shape index (κ1) is 28.4. The fourth-order valence-corrected chi connectivity index (χ4v) is 7.36. The van der Waals surface area contributed by atoms with E-state index in [1.165, 1.54) is 11.3 Å². The van der Waals surface area contributed by atoms with Gasteiger partial charge in [0.2, 0.25) is 0 Å². The summed E-state index contributed by atoms with van der Waals surface area (Å²) in [4.78, 5) is 13.3. The van der Waals surface area contributed by atoms with E-state index < -0.39 is 22.9 Å². The molecule has 0 saturated carbocycles. The minimum absolute atomic E-state index is 0.117. The lowest BCUT2D eigenvalue weighted by Crippen LogP contribution is -2.33. The SMILES string of the molecule is CC[C@@H]1CN(Cc2cc(C(CC(=O)O)c3ccc(N(N)CC)c(N)c3C)sc2Cl)S(=O)c2ccccc2O1. The fourth-order valence-electron chi connectivity index (χ4n) is 4.64. The van der Waals surface area contributed by atoms with Crippen LogP contribution in [0, 0.1) is 6.92 Å². The quantitative estimate of drug-likeness (QED) is 0.180. The van der Waals surface area contributed by atoms with Crippen molar-refractivity contribution in [3.05, 3.63) is 68.4 Å². The van der Waals surface area contributed by atoms with Crippen LogP contribution in [-0.2, 0) is 22.3 Å². The molecular formula is C27H33ClN4O4S2. The molecule has 0 radical (unpaired) electrons. The molecule has 4 rings (SSSR count). The molecule has 0 saturated heterocycles. The standard InChI is InChI=1S/C27H33ClN4O4S2/c1-4-18-15-31(38(35)24-9-7-6-8-22(24)36-18)14-17-12-23(37-27(17)28)20(13-25(33)34)19-10-11-21(32(30)5-2)26(29)16(19)3/h6-12,18,20H,4-5,13-15,29-30H2,1-3H3,(H,33,34)/t18-,20?,38?/m1/s1. The van der Waals surface area contributed by atoms with E-state index in [0.717, 1.165) is 28.0 Å². The number of carbonyl (C=O) groups is 1. The van der Waals surface area contributed by atoms with Gasteiger partial charge in [0.05, 0.1) is 27.0 Å². The van der Waals surface area contributed by atoms with Crippen LogP contribution in [0.5, 0.6) is 5.75 Å². The Kier molecular flexibility index (Phi) is 9.00. The van der Waals surface area contributed by atoms with Crippen LogP contribution in [0.3, 0.4) is 0 Å². The number of halogens is 1. The number of thiophene rings is 1. The Morgan fingerprint density at radius 2 is 2.05 bits per heavy atom. The zero-order chi connectivity index (χ0) is 27.6. The topological polar surface area (TPSA) is 122 Å². The fraction of sp³-hybridized carbons (Fsp3) is 0.370. The summed E-state index contributed by atoms with van der Waals surface area (Å²) in [6.45, 7) is 7.24. The van der Waals surface area contributed by atoms with E-state index in [1.54, 1.807) is 5.01 Å². The smallest absolute Gasteiger partial charge is 0.304 e. The van der Waals surface area contributed by atoms with Crippen LogP contribution in [0.25, 0.3) is 0 Å². The molecule has 0 spiro atoms. The summed E-state index contributed by atoms with van der Waals surface area (Å²) in [5.41, 5.74) is 10.0. The number of hydrazine groups is 1. The third kappa shape index (κ3) is 5.84. The van der Waals surface area contributed by atoms with Crippen molar-refractivity contribution in [3.8, 4) is 5.75 Å². The van der Waals surface area contributed by atoms with Crippen LogP contribution in [0.15, 0.2) is 47.4 Å². The van der Waals surface area contributed by atoms with Crippen LogP contribution in [0.2, 0.25) is 4.34 Å². The van der Waals surface area contributed by atoms with Crippen molar-refractivity contribution in [1.82, 2.24) is 4.31 Å². The van der Waals surface area contributed by atoms with Crippen LogP contribution in [-0.4, -0.2) is 38.8 Å². The normalized spacial score (nSPS) is 18.3. The largest absolute Gasteiger partial charge is 0.488 e. The first-order chi connectivity index (χ1) is 18.1. The van der Waals surface area contributed by atoms with E-state index in [2.05, 4.69) is 0 Å². The second-order valence-electron chi connectivity index (χ2n) is 9.26. The number of rotatable bonds is 9. The highest BCUT2D eigenvalue weighted by Gasteiger charge is 2.30. The van der Waals surface area contributed by atoms with Gasteiger partial charge in [0, 0.05) is 30.4 Å². The molecule has 1 aliphatic heterocycles. The molecule has 2 heterocycles. The average Bonchev–Trinajstić information content (AvgIpc) is 3.20. The molecule has 1 aliphatic rings. The van der Waals surface area contributed by atoms with Crippen molar-refractivity contribution in [2.75, 3.05) is 23.8 Å². The van der Waals surface area contributed by atoms with E-state index in [9.17, 15) is 14.1 Å². The predicted octanol–water partition coefficient (Wildman–Crippen LogP) is 5.29. The third-order valence-corrected chi connectivity index (χ3v) is 9.85. The minimum Gasteiger partial charge on any atom is -0.488 e. The molecule has 3 atom stereocenters.